The summed E-state index contributed by atoms with van der Waals surface area (Å²) in [5.41, 5.74) is 5.42. The Balaban J connectivity index is 2.53. The van der Waals surface area contributed by atoms with E-state index >= 15 is 0 Å². The van der Waals surface area contributed by atoms with Crippen molar-refractivity contribution < 1.29 is 24.2 Å². The van der Waals surface area contributed by atoms with Crippen LogP contribution in [0.15, 0.2) is 24.3 Å². The van der Waals surface area contributed by atoms with Crippen LogP contribution < -0.4 is 10.5 Å². The van der Waals surface area contributed by atoms with Crippen LogP contribution in [0.4, 0.5) is 0 Å². The van der Waals surface area contributed by atoms with Crippen LogP contribution >= 0.6 is 0 Å². The van der Waals surface area contributed by atoms with E-state index in [4.69, 9.17) is 15.6 Å². The fraction of sp³-hybridized carbons (Fsp3) is 0.357. The van der Waals surface area contributed by atoms with Crippen molar-refractivity contribution in [1.29, 1.82) is 0 Å². The standard InChI is InChI=1S/C14H18N2O5/c1-16(8-2-3-13(18)19)14(20)10-4-6-11(7-5-10)21-9-12(15)17/h4-7H,2-3,8-9H2,1H3,(H2,15,17)(H,18,19). The van der Waals surface area contributed by atoms with Crippen LogP contribution in [0.5, 0.6) is 5.75 Å². The van der Waals surface area contributed by atoms with E-state index in [-0.39, 0.29) is 18.9 Å². The lowest BCUT2D eigenvalue weighted by molar-refractivity contribution is -0.137. The Kier molecular flexibility index (Phi) is 6.19. The van der Waals surface area contributed by atoms with Gasteiger partial charge in [0.2, 0.25) is 0 Å². The Labute approximate surface area is 122 Å². The van der Waals surface area contributed by atoms with E-state index in [1.54, 1.807) is 31.3 Å². The Morgan fingerprint density at radius 1 is 1.24 bits per heavy atom. The number of ether oxygens (including phenoxy) is 1. The summed E-state index contributed by atoms with van der Waals surface area (Å²) in [6.07, 6.45) is 0.425. The molecule has 1 aromatic rings. The van der Waals surface area contributed by atoms with Gasteiger partial charge in [-0.1, -0.05) is 0 Å². The summed E-state index contributed by atoms with van der Waals surface area (Å²) < 4.78 is 5.09. The lowest BCUT2D eigenvalue weighted by Gasteiger charge is -2.16. The van der Waals surface area contributed by atoms with Crippen molar-refractivity contribution in [2.45, 2.75) is 12.8 Å². The van der Waals surface area contributed by atoms with Gasteiger partial charge in [0, 0.05) is 25.6 Å². The molecule has 0 aliphatic carbocycles. The summed E-state index contributed by atoms with van der Waals surface area (Å²) in [5, 5.41) is 8.55. The van der Waals surface area contributed by atoms with Gasteiger partial charge in [0.1, 0.15) is 5.75 Å². The fourth-order valence-electron chi connectivity index (χ4n) is 1.64. The number of benzene rings is 1. The van der Waals surface area contributed by atoms with Gasteiger partial charge in [-0.15, -0.1) is 0 Å². The Hall–Kier alpha value is -2.57. The first kappa shape index (κ1) is 16.5. The minimum absolute atomic E-state index is 0.0253. The number of carbonyl (C=O) groups excluding carboxylic acids is 2. The van der Waals surface area contributed by atoms with Crippen LogP contribution in [-0.2, 0) is 9.59 Å². The second-order valence-electron chi connectivity index (χ2n) is 4.50. The molecule has 0 unspecified atom stereocenters. The lowest BCUT2D eigenvalue weighted by atomic mass is 10.2. The van der Waals surface area contributed by atoms with Gasteiger partial charge in [-0.3, -0.25) is 14.4 Å². The third-order valence-corrected chi connectivity index (χ3v) is 2.71. The number of primary amides is 1. The minimum atomic E-state index is -0.883. The van der Waals surface area contributed by atoms with Crippen LogP contribution in [0.25, 0.3) is 0 Å². The molecule has 0 spiro atoms. The molecule has 0 fully saturated rings. The van der Waals surface area contributed by atoms with Gasteiger partial charge in [-0.05, 0) is 30.7 Å². The molecule has 114 valence electrons. The highest BCUT2D eigenvalue weighted by Gasteiger charge is 2.12. The number of nitrogens with two attached hydrogens (primary N) is 1. The minimum Gasteiger partial charge on any atom is -0.484 e. The number of nitrogens with zero attached hydrogens (tertiary/aromatic N) is 1. The monoisotopic (exact) mass is 294 g/mol. The molecule has 1 rings (SSSR count). The van der Waals surface area contributed by atoms with Crippen LogP contribution in [0, 0.1) is 0 Å². The zero-order valence-corrected chi connectivity index (χ0v) is 11.7. The number of carboxylic acid groups (broad SMARTS) is 1. The molecule has 7 nitrogen and oxygen atoms in total. The van der Waals surface area contributed by atoms with E-state index in [9.17, 15) is 14.4 Å². The molecule has 1 aromatic carbocycles. The highest BCUT2D eigenvalue weighted by Crippen LogP contribution is 2.13. The fourth-order valence-corrected chi connectivity index (χ4v) is 1.64. The summed E-state index contributed by atoms with van der Waals surface area (Å²) in [6, 6.07) is 6.29. The van der Waals surface area contributed by atoms with Crippen LogP contribution in [-0.4, -0.2) is 48.0 Å². The molecule has 2 amide bonds. The van der Waals surface area contributed by atoms with Gasteiger partial charge in [0.05, 0.1) is 0 Å². The molecule has 0 atom stereocenters. The zero-order valence-electron chi connectivity index (χ0n) is 11.7. The van der Waals surface area contributed by atoms with Crippen molar-refractivity contribution in [3.05, 3.63) is 29.8 Å². The number of hydrogen-bond donors (Lipinski definition) is 2. The number of carboxylic acids is 1. The molecular weight excluding hydrogens is 276 g/mol. The van der Waals surface area contributed by atoms with E-state index in [1.807, 2.05) is 0 Å². The van der Waals surface area contributed by atoms with Gasteiger partial charge in [0.25, 0.3) is 11.8 Å². The van der Waals surface area contributed by atoms with E-state index in [2.05, 4.69) is 0 Å². The molecule has 0 bridgehead atoms. The summed E-state index contributed by atoms with van der Waals surface area (Å²) in [6.45, 7) is 0.146. The normalized spacial score (nSPS) is 9.95. The third-order valence-electron chi connectivity index (χ3n) is 2.71. The molecule has 3 N–H and O–H groups in total. The van der Waals surface area contributed by atoms with Crippen molar-refractivity contribution >= 4 is 17.8 Å². The first-order chi connectivity index (χ1) is 9.90. The van der Waals surface area contributed by atoms with E-state index in [0.29, 0.717) is 24.3 Å². The molecular formula is C14H18N2O5. The molecule has 0 saturated carbocycles. The highest BCUT2D eigenvalue weighted by molar-refractivity contribution is 5.94. The SMILES string of the molecule is CN(CCCC(=O)O)C(=O)c1ccc(OCC(N)=O)cc1. The summed E-state index contributed by atoms with van der Waals surface area (Å²) in [4.78, 5) is 34.5. The first-order valence-corrected chi connectivity index (χ1v) is 6.38. The van der Waals surface area contributed by atoms with E-state index in [1.165, 1.54) is 4.90 Å². The summed E-state index contributed by atoms with van der Waals surface area (Å²) in [7, 11) is 1.61. The molecule has 0 radical (unpaired) electrons. The molecule has 0 aliphatic rings. The Morgan fingerprint density at radius 3 is 2.38 bits per heavy atom. The van der Waals surface area contributed by atoms with Crippen LogP contribution in [0.2, 0.25) is 0 Å². The summed E-state index contributed by atoms with van der Waals surface area (Å²) in [5.74, 6) is -1.22. The smallest absolute Gasteiger partial charge is 0.303 e. The molecule has 0 saturated heterocycles. The Morgan fingerprint density at radius 2 is 1.86 bits per heavy atom. The van der Waals surface area contributed by atoms with Crippen molar-refractivity contribution in [2.24, 2.45) is 5.73 Å². The van der Waals surface area contributed by atoms with E-state index in [0.717, 1.165) is 0 Å². The van der Waals surface area contributed by atoms with Gasteiger partial charge >= 0.3 is 5.97 Å². The maximum atomic E-state index is 12.1. The molecule has 0 heterocycles. The van der Waals surface area contributed by atoms with Gasteiger partial charge in [-0.2, -0.15) is 0 Å². The van der Waals surface area contributed by atoms with E-state index < -0.39 is 11.9 Å². The van der Waals surface area contributed by atoms with Crippen molar-refractivity contribution in [1.82, 2.24) is 4.90 Å². The highest BCUT2D eigenvalue weighted by atomic mass is 16.5. The maximum absolute atomic E-state index is 12.1. The molecule has 0 aliphatic heterocycles. The maximum Gasteiger partial charge on any atom is 0.303 e. The number of carbonyl (C=O) groups is 3. The van der Waals surface area contributed by atoms with Gasteiger partial charge in [0.15, 0.2) is 6.61 Å². The second kappa shape index (κ2) is 7.88. The van der Waals surface area contributed by atoms with Crippen LogP contribution in [0.1, 0.15) is 23.2 Å². The zero-order chi connectivity index (χ0) is 15.8. The lowest BCUT2D eigenvalue weighted by Crippen LogP contribution is -2.28. The predicted molar refractivity (Wildman–Crippen MR) is 75.0 cm³/mol. The molecule has 0 aromatic heterocycles. The summed E-state index contributed by atoms with van der Waals surface area (Å²) >= 11 is 0. The number of rotatable bonds is 8. The largest absolute Gasteiger partial charge is 0.484 e. The molecule has 7 heteroatoms. The average molecular weight is 294 g/mol. The van der Waals surface area contributed by atoms with Gasteiger partial charge in [-0.25, -0.2) is 0 Å². The average Bonchev–Trinajstić information content (AvgIpc) is 2.44. The number of aliphatic carboxylic acids is 1. The topological polar surface area (TPSA) is 110 Å². The molecule has 21 heavy (non-hydrogen) atoms. The number of hydrogen-bond acceptors (Lipinski definition) is 4. The Bertz CT molecular complexity index is 513. The second-order valence-corrected chi connectivity index (χ2v) is 4.50. The van der Waals surface area contributed by atoms with Crippen LogP contribution in [0.3, 0.4) is 0 Å². The van der Waals surface area contributed by atoms with Crippen molar-refractivity contribution in [2.75, 3.05) is 20.2 Å². The van der Waals surface area contributed by atoms with Crippen molar-refractivity contribution in [3.8, 4) is 5.75 Å². The first-order valence-electron chi connectivity index (χ1n) is 6.38. The predicted octanol–water partition coefficient (Wildman–Crippen LogP) is 0.488. The number of amides is 2. The van der Waals surface area contributed by atoms with Crippen molar-refractivity contribution in [3.63, 3.8) is 0 Å². The quantitative estimate of drug-likeness (QED) is 0.725. The van der Waals surface area contributed by atoms with Gasteiger partial charge < -0.3 is 20.5 Å². The third kappa shape index (κ3) is 5.94.